The van der Waals surface area contributed by atoms with E-state index in [2.05, 4.69) is 5.32 Å². The molecule has 34 heavy (non-hydrogen) atoms. The summed E-state index contributed by atoms with van der Waals surface area (Å²) in [6.45, 7) is -0.114. The van der Waals surface area contributed by atoms with Crippen molar-refractivity contribution in [2.45, 2.75) is 6.54 Å². The van der Waals surface area contributed by atoms with Crippen LogP contribution in [0.2, 0.25) is 0 Å². The van der Waals surface area contributed by atoms with E-state index < -0.39 is 17.6 Å². The summed E-state index contributed by atoms with van der Waals surface area (Å²) in [6, 6.07) is 15.8. The number of rotatable bonds is 5. The molecule has 1 N–H and O–H groups in total. The predicted octanol–water partition coefficient (Wildman–Crippen LogP) is 4.18. The minimum atomic E-state index is -0.464. The normalized spacial score (nSPS) is 17.5. The van der Waals surface area contributed by atoms with Crippen LogP contribution in [0.25, 0.3) is 5.57 Å². The van der Waals surface area contributed by atoms with Crippen LogP contribution < -0.4 is 10.2 Å². The van der Waals surface area contributed by atoms with E-state index in [1.807, 2.05) is 0 Å². The second-order valence-corrected chi connectivity index (χ2v) is 9.15. The Bertz CT molecular complexity index is 1350. The first-order valence-corrected chi connectivity index (χ1v) is 11.4. The molecule has 3 heterocycles. The van der Waals surface area contributed by atoms with Gasteiger partial charge in [-0.2, -0.15) is 0 Å². The van der Waals surface area contributed by atoms with Crippen LogP contribution in [0.15, 0.2) is 76.2 Å². The Hall–Kier alpha value is -3.76. The van der Waals surface area contributed by atoms with E-state index in [4.69, 9.17) is 16.6 Å². The van der Waals surface area contributed by atoms with E-state index in [1.54, 1.807) is 36.4 Å². The first-order valence-electron chi connectivity index (χ1n) is 10.2. The highest BCUT2D eigenvalue weighted by Crippen LogP contribution is 2.44. The lowest BCUT2D eigenvalue weighted by molar-refractivity contribution is -0.123. The first kappa shape index (κ1) is 22.1. The van der Waals surface area contributed by atoms with Crippen LogP contribution in [0.1, 0.15) is 11.3 Å². The number of fused-ring (bicyclic) bond motifs is 1. The van der Waals surface area contributed by atoms with E-state index in [-0.39, 0.29) is 29.5 Å². The SMILES string of the molecule is O=C(CN1C(=O)/C(=C2\SC(=S)N(Cc3ccco3)C2=O)c2ccccc21)Nc1ccc(F)cc1. The van der Waals surface area contributed by atoms with Crippen molar-refractivity contribution in [3.8, 4) is 0 Å². The molecule has 0 bridgehead atoms. The molecule has 10 heteroatoms. The summed E-state index contributed by atoms with van der Waals surface area (Å²) in [5, 5.41) is 2.65. The number of nitrogens with zero attached hydrogens (tertiary/aromatic N) is 2. The summed E-state index contributed by atoms with van der Waals surface area (Å²) < 4.78 is 18.8. The van der Waals surface area contributed by atoms with Crippen molar-refractivity contribution in [1.82, 2.24) is 4.90 Å². The zero-order chi connectivity index (χ0) is 23.8. The van der Waals surface area contributed by atoms with E-state index >= 15 is 0 Å². The fourth-order valence-electron chi connectivity index (χ4n) is 3.78. The molecule has 3 amide bonds. The van der Waals surface area contributed by atoms with Crippen molar-refractivity contribution >= 4 is 63.0 Å². The number of carbonyl (C=O) groups excluding carboxylic acids is 3. The van der Waals surface area contributed by atoms with Crippen LogP contribution in [0.4, 0.5) is 15.8 Å². The quantitative estimate of drug-likeness (QED) is 0.424. The maximum absolute atomic E-state index is 13.5. The highest BCUT2D eigenvalue weighted by atomic mass is 32.2. The van der Waals surface area contributed by atoms with E-state index in [1.165, 1.54) is 40.3 Å². The van der Waals surface area contributed by atoms with Crippen LogP contribution in [0.3, 0.4) is 0 Å². The molecule has 1 aromatic heterocycles. The van der Waals surface area contributed by atoms with Crippen molar-refractivity contribution in [2.75, 3.05) is 16.8 Å². The Labute approximate surface area is 203 Å². The van der Waals surface area contributed by atoms with Crippen molar-refractivity contribution in [2.24, 2.45) is 0 Å². The number of thioether (sulfide) groups is 1. The van der Waals surface area contributed by atoms with E-state index in [9.17, 15) is 18.8 Å². The molecule has 3 aromatic rings. The van der Waals surface area contributed by atoms with Crippen molar-refractivity contribution in [3.05, 3.63) is 89.0 Å². The number of carbonyl (C=O) groups is 3. The first-order chi connectivity index (χ1) is 16.4. The average Bonchev–Trinajstić information content (AvgIpc) is 3.50. The standard InChI is InChI=1S/C24H16FN3O4S2/c25-14-7-9-15(10-8-14)26-19(29)13-27-18-6-2-1-5-17(18)20(22(27)30)21-23(31)28(24(33)34-21)12-16-4-3-11-32-16/h1-11H,12-13H2,(H,26,29)/b21-20-. The van der Waals surface area contributed by atoms with Gasteiger partial charge in [0.25, 0.3) is 11.8 Å². The molecular formula is C24H16FN3O4S2. The zero-order valence-electron chi connectivity index (χ0n) is 17.5. The minimum Gasteiger partial charge on any atom is -0.467 e. The summed E-state index contributed by atoms with van der Waals surface area (Å²) in [5.41, 5.74) is 1.70. The predicted molar refractivity (Wildman–Crippen MR) is 130 cm³/mol. The lowest BCUT2D eigenvalue weighted by atomic mass is 10.1. The Kier molecular flexibility index (Phi) is 5.76. The number of nitrogens with one attached hydrogen (secondary N) is 1. The van der Waals surface area contributed by atoms with E-state index in [0.29, 0.717) is 27.0 Å². The topological polar surface area (TPSA) is 82.9 Å². The van der Waals surface area contributed by atoms with Gasteiger partial charge in [-0.25, -0.2) is 4.39 Å². The summed E-state index contributed by atoms with van der Waals surface area (Å²) >= 11 is 6.45. The number of benzene rings is 2. The van der Waals surface area contributed by atoms with Gasteiger partial charge in [0.15, 0.2) is 0 Å². The van der Waals surface area contributed by atoms with Gasteiger partial charge in [0.1, 0.15) is 22.4 Å². The number of hydrogen-bond donors (Lipinski definition) is 1. The molecule has 0 unspecified atom stereocenters. The third-order valence-corrected chi connectivity index (χ3v) is 6.77. The monoisotopic (exact) mass is 493 g/mol. The molecule has 0 atom stereocenters. The number of thiocarbonyl (C=S) groups is 1. The molecule has 0 aliphatic carbocycles. The van der Waals surface area contributed by atoms with Gasteiger partial charge in [0, 0.05) is 11.3 Å². The number of anilines is 2. The number of furan rings is 1. The molecule has 0 saturated carbocycles. The highest BCUT2D eigenvalue weighted by molar-refractivity contribution is 8.26. The Morgan fingerprint density at radius 3 is 2.50 bits per heavy atom. The molecule has 1 fully saturated rings. The van der Waals surface area contributed by atoms with Crippen molar-refractivity contribution in [1.29, 1.82) is 0 Å². The van der Waals surface area contributed by atoms with Crippen molar-refractivity contribution < 1.29 is 23.2 Å². The minimum absolute atomic E-state index is 0.161. The van der Waals surface area contributed by atoms with Gasteiger partial charge in [0.2, 0.25) is 5.91 Å². The third-order valence-electron chi connectivity index (χ3n) is 5.32. The van der Waals surface area contributed by atoms with Crippen LogP contribution in [-0.4, -0.2) is 33.5 Å². The van der Waals surface area contributed by atoms with Gasteiger partial charge in [-0.15, -0.1) is 0 Å². The molecular weight excluding hydrogens is 477 g/mol. The third kappa shape index (κ3) is 4.02. The molecule has 7 nitrogen and oxygen atoms in total. The fraction of sp³-hybridized carbons (Fsp3) is 0.0833. The Morgan fingerprint density at radius 2 is 1.76 bits per heavy atom. The molecule has 2 aliphatic heterocycles. The maximum Gasteiger partial charge on any atom is 0.267 e. The number of hydrogen-bond acceptors (Lipinski definition) is 6. The molecule has 1 saturated heterocycles. The number of amides is 3. The lowest BCUT2D eigenvalue weighted by Gasteiger charge is -2.16. The second kappa shape index (κ2) is 8.88. The molecule has 0 radical (unpaired) electrons. The lowest BCUT2D eigenvalue weighted by Crippen LogP contribution is -2.35. The van der Waals surface area contributed by atoms with Crippen LogP contribution >= 0.6 is 24.0 Å². The van der Waals surface area contributed by atoms with Gasteiger partial charge in [-0.1, -0.05) is 42.2 Å². The van der Waals surface area contributed by atoms with Crippen LogP contribution in [0.5, 0.6) is 0 Å². The van der Waals surface area contributed by atoms with Gasteiger partial charge in [0.05, 0.1) is 29.0 Å². The molecule has 2 aliphatic rings. The molecule has 0 spiro atoms. The largest absolute Gasteiger partial charge is 0.467 e. The van der Waals surface area contributed by atoms with Gasteiger partial charge in [-0.05, 0) is 42.5 Å². The van der Waals surface area contributed by atoms with Gasteiger partial charge < -0.3 is 9.73 Å². The second-order valence-electron chi connectivity index (χ2n) is 7.51. The number of halogens is 1. The summed E-state index contributed by atoms with van der Waals surface area (Å²) in [6.07, 6.45) is 1.51. The summed E-state index contributed by atoms with van der Waals surface area (Å²) in [5.74, 6) is -1.16. The fourth-order valence-corrected chi connectivity index (χ4v) is 5.10. The van der Waals surface area contributed by atoms with Crippen LogP contribution in [0, 0.1) is 5.82 Å². The molecule has 2 aromatic carbocycles. The molecule has 5 rings (SSSR count). The van der Waals surface area contributed by atoms with Gasteiger partial charge in [-0.3, -0.25) is 24.2 Å². The summed E-state index contributed by atoms with van der Waals surface area (Å²) in [7, 11) is 0. The van der Waals surface area contributed by atoms with Crippen molar-refractivity contribution in [3.63, 3.8) is 0 Å². The smallest absolute Gasteiger partial charge is 0.267 e. The molecule has 170 valence electrons. The Balaban J connectivity index is 1.43. The summed E-state index contributed by atoms with van der Waals surface area (Å²) in [4.78, 5) is 42.3. The zero-order valence-corrected chi connectivity index (χ0v) is 19.1. The van der Waals surface area contributed by atoms with E-state index in [0.717, 1.165) is 11.8 Å². The maximum atomic E-state index is 13.5. The van der Waals surface area contributed by atoms with Crippen LogP contribution in [-0.2, 0) is 20.9 Å². The Morgan fingerprint density at radius 1 is 1.00 bits per heavy atom. The highest BCUT2D eigenvalue weighted by Gasteiger charge is 2.42. The average molecular weight is 494 g/mol. The number of para-hydroxylation sites is 1. The van der Waals surface area contributed by atoms with Gasteiger partial charge >= 0.3 is 0 Å².